The fraction of sp³-hybridized carbons (Fsp3) is 0.765. The molecule has 2 aliphatic rings. The molecule has 1 saturated carbocycles. The van der Waals surface area contributed by atoms with E-state index in [9.17, 15) is 0 Å². The lowest BCUT2D eigenvalue weighted by Crippen LogP contribution is -2.34. The van der Waals surface area contributed by atoms with E-state index in [2.05, 4.69) is 14.9 Å². The van der Waals surface area contributed by atoms with Gasteiger partial charge in [0, 0.05) is 31.2 Å². The number of fused-ring (bicyclic) bond motifs is 1. The highest BCUT2D eigenvalue weighted by Gasteiger charge is 2.35. The standard InChI is InChI=1S/C13H19N3.2C2H6/c1-2-4-13-11(3-1)5-8-16(13)10-12-9-14-6-7-15-12;2*1-2/h6-7,9,11,13H,1-5,8,10H2;2*1-2H3/t11?,13-;;/m1../s1. The first-order valence-electron chi connectivity index (χ1n) is 8.42. The summed E-state index contributed by atoms with van der Waals surface area (Å²) in [6, 6.07) is 0.829. The number of hydrogen-bond donors (Lipinski definition) is 0. The largest absolute Gasteiger partial charge is 0.294 e. The highest BCUT2D eigenvalue weighted by Crippen LogP contribution is 2.36. The maximum absolute atomic E-state index is 4.38. The summed E-state index contributed by atoms with van der Waals surface area (Å²) in [4.78, 5) is 11.1. The van der Waals surface area contributed by atoms with Crippen LogP contribution in [0.25, 0.3) is 0 Å². The van der Waals surface area contributed by atoms with E-state index in [-0.39, 0.29) is 0 Å². The fourth-order valence-corrected chi connectivity index (χ4v) is 3.32. The lowest BCUT2D eigenvalue weighted by atomic mass is 9.85. The summed E-state index contributed by atoms with van der Waals surface area (Å²) in [5, 5.41) is 0. The lowest BCUT2D eigenvalue weighted by molar-refractivity contribution is 0.174. The van der Waals surface area contributed by atoms with Gasteiger partial charge in [0.25, 0.3) is 0 Å². The molecule has 1 aliphatic heterocycles. The molecule has 3 nitrogen and oxygen atoms in total. The number of nitrogens with zero attached hydrogens (tertiary/aromatic N) is 3. The van der Waals surface area contributed by atoms with Gasteiger partial charge >= 0.3 is 0 Å². The Morgan fingerprint density at radius 1 is 1.05 bits per heavy atom. The van der Waals surface area contributed by atoms with Crippen molar-refractivity contribution in [1.82, 2.24) is 14.9 Å². The maximum atomic E-state index is 4.38. The Balaban J connectivity index is 0.000000461. The Hall–Kier alpha value is -0.960. The first-order chi connectivity index (χ1) is 9.93. The molecule has 114 valence electrons. The van der Waals surface area contributed by atoms with Crippen LogP contribution in [0.4, 0.5) is 0 Å². The topological polar surface area (TPSA) is 29.0 Å². The average molecular weight is 277 g/mol. The molecule has 1 saturated heterocycles. The second kappa shape index (κ2) is 9.87. The molecule has 3 heteroatoms. The van der Waals surface area contributed by atoms with Crippen LogP contribution < -0.4 is 0 Å². The summed E-state index contributed by atoms with van der Waals surface area (Å²) >= 11 is 0. The van der Waals surface area contributed by atoms with Gasteiger partial charge in [-0.05, 0) is 31.7 Å². The van der Waals surface area contributed by atoms with Gasteiger partial charge in [-0.2, -0.15) is 0 Å². The summed E-state index contributed by atoms with van der Waals surface area (Å²) in [5.74, 6) is 0.963. The molecule has 0 amide bonds. The van der Waals surface area contributed by atoms with Crippen LogP contribution in [0, 0.1) is 5.92 Å². The van der Waals surface area contributed by atoms with E-state index in [0.717, 1.165) is 24.2 Å². The van der Waals surface area contributed by atoms with E-state index < -0.39 is 0 Å². The Kier molecular flexibility index (Phi) is 8.43. The van der Waals surface area contributed by atoms with Gasteiger partial charge in [-0.25, -0.2) is 0 Å². The second-order valence-corrected chi connectivity index (χ2v) is 5.07. The Morgan fingerprint density at radius 2 is 1.80 bits per heavy atom. The minimum Gasteiger partial charge on any atom is -0.294 e. The smallest absolute Gasteiger partial charge is 0.0726 e. The van der Waals surface area contributed by atoms with Gasteiger partial charge in [0.05, 0.1) is 5.69 Å². The van der Waals surface area contributed by atoms with Crippen molar-refractivity contribution in [1.29, 1.82) is 0 Å². The van der Waals surface area contributed by atoms with Crippen LogP contribution in [0.3, 0.4) is 0 Å². The van der Waals surface area contributed by atoms with E-state index in [4.69, 9.17) is 0 Å². The maximum Gasteiger partial charge on any atom is 0.0726 e. The molecule has 3 rings (SSSR count). The fourth-order valence-electron chi connectivity index (χ4n) is 3.32. The van der Waals surface area contributed by atoms with Gasteiger partial charge in [0.15, 0.2) is 0 Å². The van der Waals surface area contributed by atoms with Crippen molar-refractivity contribution in [3.05, 3.63) is 24.3 Å². The van der Waals surface area contributed by atoms with Crippen LogP contribution in [-0.4, -0.2) is 27.5 Å². The molecular formula is C17H31N3. The summed E-state index contributed by atoms with van der Waals surface area (Å²) in [7, 11) is 0. The molecule has 1 aromatic rings. The third-order valence-corrected chi connectivity index (χ3v) is 4.11. The quantitative estimate of drug-likeness (QED) is 0.807. The van der Waals surface area contributed by atoms with E-state index in [1.165, 1.54) is 38.6 Å². The normalized spacial score (nSPS) is 24.8. The molecule has 2 heterocycles. The van der Waals surface area contributed by atoms with E-state index >= 15 is 0 Å². The highest BCUT2D eigenvalue weighted by molar-refractivity contribution is 4.98. The van der Waals surface area contributed by atoms with Crippen LogP contribution in [0.1, 0.15) is 65.5 Å². The molecule has 1 aromatic heterocycles. The third-order valence-electron chi connectivity index (χ3n) is 4.11. The van der Waals surface area contributed by atoms with E-state index in [0.29, 0.717) is 0 Å². The van der Waals surface area contributed by atoms with Crippen LogP contribution >= 0.6 is 0 Å². The zero-order valence-corrected chi connectivity index (χ0v) is 13.7. The lowest BCUT2D eigenvalue weighted by Gasteiger charge is -2.31. The van der Waals surface area contributed by atoms with Crippen LogP contribution in [0.2, 0.25) is 0 Å². The van der Waals surface area contributed by atoms with Crippen molar-refractivity contribution >= 4 is 0 Å². The number of hydrogen-bond acceptors (Lipinski definition) is 3. The summed E-state index contributed by atoms with van der Waals surface area (Å²) in [6.45, 7) is 10.3. The van der Waals surface area contributed by atoms with Crippen LogP contribution in [0.5, 0.6) is 0 Å². The number of likely N-dealkylation sites (tertiary alicyclic amines) is 1. The molecule has 0 spiro atoms. The van der Waals surface area contributed by atoms with Gasteiger partial charge in [0.2, 0.25) is 0 Å². The van der Waals surface area contributed by atoms with Crippen molar-refractivity contribution in [3.8, 4) is 0 Å². The second-order valence-electron chi connectivity index (χ2n) is 5.07. The van der Waals surface area contributed by atoms with Crippen molar-refractivity contribution in [2.75, 3.05) is 6.54 Å². The molecule has 2 atom stereocenters. The van der Waals surface area contributed by atoms with E-state index in [1.54, 1.807) is 12.4 Å². The summed E-state index contributed by atoms with van der Waals surface area (Å²) < 4.78 is 0. The molecule has 2 fully saturated rings. The van der Waals surface area contributed by atoms with Gasteiger partial charge in [-0.3, -0.25) is 14.9 Å². The van der Waals surface area contributed by atoms with Crippen LogP contribution in [-0.2, 0) is 6.54 Å². The zero-order valence-electron chi connectivity index (χ0n) is 13.7. The third kappa shape index (κ3) is 4.55. The molecule has 1 unspecified atom stereocenters. The van der Waals surface area contributed by atoms with Gasteiger partial charge in [-0.15, -0.1) is 0 Å². The van der Waals surface area contributed by atoms with Gasteiger partial charge < -0.3 is 0 Å². The summed E-state index contributed by atoms with van der Waals surface area (Å²) in [5.41, 5.74) is 1.12. The molecule has 0 bridgehead atoms. The first-order valence-corrected chi connectivity index (χ1v) is 8.42. The average Bonchev–Trinajstić information content (AvgIpc) is 2.96. The number of rotatable bonds is 2. The minimum atomic E-state index is 0.829. The van der Waals surface area contributed by atoms with E-state index in [1.807, 2.05) is 33.9 Å². The minimum absolute atomic E-state index is 0.829. The van der Waals surface area contributed by atoms with Crippen LogP contribution in [0.15, 0.2) is 18.6 Å². The van der Waals surface area contributed by atoms with Crippen molar-refractivity contribution in [2.45, 2.75) is 72.4 Å². The Bertz CT molecular complexity index is 339. The molecule has 20 heavy (non-hydrogen) atoms. The molecular weight excluding hydrogens is 246 g/mol. The highest BCUT2D eigenvalue weighted by atomic mass is 15.2. The molecule has 0 radical (unpaired) electrons. The number of aromatic nitrogens is 2. The molecule has 0 aromatic carbocycles. The molecule has 0 N–H and O–H groups in total. The van der Waals surface area contributed by atoms with Gasteiger partial charge in [0.1, 0.15) is 0 Å². The predicted octanol–water partition coefficient (Wildman–Crippen LogP) is 4.29. The SMILES string of the molecule is CC.CC.c1cnc(CN2CCC3CCCC[C@H]32)cn1. The first kappa shape index (κ1) is 17.1. The van der Waals surface area contributed by atoms with Crippen molar-refractivity contribution in [3.63, 3.8) is 0 Å². The summed E-state index contributed by atoms with van der Waals surface area (Å²) in [6.07, 6.45) is 12.5. The van der Waals surface area contributed by atoms with Crippen molar-refractivity contribution < 1.29 is 0 Å². The zero-order chi connectivity index (χ0) is 14.8. The van der Waals surface area contributed by atoms with Crippen molar-refractivity contribution in [2.24, 2.45) is 5.92 Å². The predicted molar refractivity (Wildman–Crippen MR) is 85.5 cm³/mol. The van der Waals surface area contributed by atoms with Gasteiger partial charge in [-0.1, -0.05) is 40.5 Å². The Morgan fingerprint density at radius 3 is 2.50 bits per heavy atom. The Labute approximate surface area is 124 Å². The monoisotopic (exact) mass is 277 g/mol. The molecule has 1 aliphatic carbocycles.